The van der Waals surface area contributed by atoms with E-state index in [1.54, 1.807) is 0 Å². The second-order valence-corrected chi connectivity index (χ2v) is 3.80. The SMILES string of the molecule is CC[C@H](C#N)C(=O)c1sccc1C. The maximum Gasteiger partial charge on any atom is 0.190 e. The zero-order valence-electron chi connectivity index (χ0n) is 7.70. The molecule has 1 aromatic rings. The van der Waals surface area contributed by atoms with Crippen LogP contribution in [0.5, 0.6) is 0 Å². The second kappa shape index (κ2) is 4.20. The topological polar surface area (TPSA) is 40.9 Å². The molecule has 68 valence electrons. The van der Waals surface area contributed by atoms with Crippen LogP contribution in [0.15, 0.2) is 11.4 Å². The molecule has 0 aliphatic carbocycles. The van der Waals surface area contributed by atoms with E-state index in [1.807, 2.05) is 31.4 Å². The minimum atomic E-state index is -0.475. The molecule has 13 heavy (non-hydrogen) atoms. The van der Waals surface area contributed by atoms with Gasteiger partial charge < -0.3 is 0 Å². The number of hydrogen-bond acceptors (Lipinski definition) is 3. The van der Waals surface area contributed by atoms with E-state index >= 15 is 0 Å². The highest BCUT2D eigenvalue weighted by molar-refractivity contribution is 7.12. The summed E-state index contributed by atoms with van der Waals surface area (Å²) in [7, 11) is 0. The second-order valence-electron chi connectivity index (χ2n) is 2.89. The predicted molar refractivity (Wildman–Crippen MR) is 52.8 cm³/mol. The third-order valence-corrected chi connectivity index (χ3v) is 3.00. The van der Waals surface area contributed by atoms with Crippen LogP contribution < -0.4 is 0 Å². The van der Waals surface area contributed by atoms with Crippen LogP contribution in [-0.2, 0) is 0 Å². The van der Waals surface area contributed by atoms with Gasteiger partial charge in [-0.3, -0.25) is 4.79 Å². The Labute approximate surface area is 81.8 Å². The summed E-state index contributed by atoms with van der Waals surface area (Å²) in [5, 5.41) is 10.6. The number of Topliss-reactive ketones (excluding diaryl/α,β-unsaturated/α-hetero) is 1. The Morgan fingerprint density at radius 3 is 2.85 bits per heavy atom. The summed E-state index contributed by atoms with van der Waals surface area (Å²) in [5.74, 6) is -0.505. The Hall–Kier alpha value is -1.14. The zero-order chi connectivity index (χ0) is 9.84. The van der Waals surface area contributed by atoms with Gasteiger partial charge in [0, 0.05) is 0 Å². The Bertz CT molecular complexity index is 348. The van der Waals surface area contributed by atoms with Crippen molar-refractivity contribution in [1.82, 2.24) is 0 Å². The molecule has 0 aromatic carbocycles. The smallest absolute Gasteiger partial charge is 0.190 e. The van der Waals surface area contributed by atoms with Crippen molar-refractivity contribution in [3.05, 3.63) is 21.9 Å². The summed E-state index contributed by atoms with van der Waals surface area (Å²) < 4.78 is 0. The lowest BCUT2D eigenvalue weighted by atomic mass is 10.0. The van der Waals surface area contributed by atoms with Gasteiger partial charge in [-0.15, -0.1) is 11.3 Å². The van der Waals surface area contributed by atoms with E-state index in [0.717, 1.165) is 10.4 Å². The Morgan fingerprint density at radius 1 is 1.77 bits per heavy atom. The summed E-state index contributed by atoms with van der Waals surface area (Å²) in [6.07, 6.45) is 0.590. The number of nitrogens with zero attached hydrogens (tertiary/aromatic N) is 1. The molecule has 0 fully saturated rings. The number of ketones is 1. The molecule has 0 N–H and O–H groups in total. The van der Waals surface area contributed by atoms with Crippen LogP contribution in [0, 0.1) is 24.2 Å². The maximum atomic E-state index is 11.7. The first-order valence-electron chi connectivity index (χ1n) is 4.18. The van der Waals surface area contributed by atoms with Crippen molar-refractivity contribution >= 4 is 17.1 Å². The fourth-order valence-electron chi connectivity index (χ4n) is 1.12. The molecule has 0 bridgehead atoms. The van der Waals surface area contributed by atoms with E-state index in [1.165, 1.54) is 11.3 Å². The van der Waals surface area contributed by atoms with Gasteiger partial charge in [0.25, 0.3) is 0 Å². The van der Waals surface area contributed by atoms with Gasteiger partial charge in [0.05, 0.1) is 10.9 Å². The van der Waals surface area contributed by atoms with Crippen LogP contribution in [0.3, 0.4) is 0 Å². The normalized spacial score (nSPS) is 12.1. The Kier molecular flexibility index (Phi) is 3.21. The summed E-state index contributed by atoms with van der Waals surface area (Å²) in [5.41, 5.74) is 0.976. The van der Waals surface area contributed by atoms with Crippen molar-refractivity contribution in [3.8, 4) is 6.07 Å². The van der Waals surface area contributed by atoms with Crippen molar-refractivity contribution in [1.29, 1.82) is 5.26 Å². The molecule has 0 aliphatic heterocycles. The van der Waals surface area contributed by atoms with Crippen LogP contribution in [0.25, 0.3) is 0 Å². The van der Waals surface area contributed by atoms with E-state index in [0.29, 0.717) is 6.42 Å². The van der Waals surface area contributed by atoms with Crippen molar-refractivity contribution in [2.45, 2.75) is 20.3 Å². The summed E-state index contributed by atoms with van der Waals surface area (Å²) in [6, 6.07) is 3.93. The highest BCUT2D eigenvalue weighted by Crippen LogP contribution is 2.20. The lowest BCUT2D eigenvalue weighted by Gasteiger charge is -2.02. The molecule has 0 amide bonds. The first kappa shape index (κ1) is 9.94. The number of aryl methyl sites for hydroxylation is 1. The largest absolute Gasteiger partial charge is 0.292 e. The van der Waals surface area contributed by atoms with Gasteiger partial charge in [0.1, 0.15) is 5.92 Å². The lowest BCUT2D eigenvalue weighted by Crippen LogP contribution is -2.11. The number of carbonyl (C=O) groups excluding carboxylic acids is 1. The van der Waals surface area contributed by atoms with Crippen LogP contribution in [0.1, 0.15) is 28.6 Å². The van der Waals surface area contributed by atoms with Crippen LogP contribution in [0.4, 0.5) is 0 Å². The number of thiophene rings is 1. The molecule has 0 saturated heterocycles. The molecule has 2 nitrogen and oxygen atoms in total. The number of nitriles is 1. The van der Waals surface area contributed by atoms with Gasteiger partial charge in [0.15, 0.2) is 5.78 Å². The fraction of sp³-hybridized carbons (Fsp3) is 0.400. The number of hydrogen-bond donors (Lipinski definition) is 0. The van der Waals surface area contributed by atoms with E-state index < -0.39 is 5.92 Å². The van der Waals surface area contributed by atoms with E-state index in [9.17, 15) is 4.79 Å². The van der Waals surface area contributed by atoms with Gasteiger partial charge in [-0.2, -0.15) is 5.26 Å². The number of rotatable bonds is 3. The van der Waals surface area contributed by atoms with E-state index in [4.69, 9.17) is 5.26 Å². The third kappa shape index (κ3) is 1.96. The molecule has 1 aromatic heterocycles. The summed E-state index contributed by atoms with van der Waals surface area (Å²) >= 11 is 1.42. The first-order chi connectivity index (χ1) is 6.20. The summed E-state index contributed by atoms with van der Waals surface area (Å²) in [6.45, 7) is 3.75. The molecule has 0 aliphatic rings. The standard InChI is InChI=1S/C10H11NOS/c1-3-8(6-11)9(12)10-7(2)4-5-13-10/h4-5,8H,3H2,1-2H3/t8-/m1/s1. The molecule has 0 radical (unpaired) electrons. The summed E-state index contributed by atoms with van der Waals surface area (Å²) in [4.78, 5) is 12.4. The van der Waals surface area contributed by atoms with Gasteiger partial charge in [0.2, 0.25) is 0 Å². The predicted octanol–water partition coefficient (Wildman–Crippen LogP) is 2.79. The molecule has 0 saturated carbocycles. The first-order valence-corrected chi connectivity index (χ1v) is 5.06. The molecule has 0 spiro atoms. The Morgan fingerprint density at radius 2 is 2.46 bits per heavy atom. The van der Waals surface area contributed by atoms with E-state index in [2.05, 4.69) is 0 Å². The van der Waals surface area contributed by atoms with Crippen molar-refractivity contribution < 1.29 is 4.79 Å². The molecule has 3 heteroatoms. The van der Waals surface area contributed by atoms with Gasteiger partial charge in [-0.05, 0) is 30.4 Å². The molecule has 1 heterocycles. The van der Waals surface area contributed by atoms with E-state index in [-0.39, 0.29) is 5.78 Å². The molecule has 0 unspecified atom stereocenters. The highest BCUT2D eigenvalue weighted by Gasteiger charge is 2.19. The zero-order valence-corrected chi connectivity index (χ0v) is 8.52. The monoisotopic (exact) mass is 193 g/mol. The molecule has 1 rings (SSSR count). The fourth-order valence-corrected chi connectivity index (χ4v) is 2.04. The van der Waals surface area contributed by atoms with Gasteiger partial charge in [-0.25, -0.2) is 0 Å². The Balaban J connectivity index is 2.92. The molecular formula is C10H11NOS. The minimum Gasteiger partial charge on any atom is -0.292 e. The van der Waals surface area contributed by atoms with Gasteiger partial charge in [-0.1, -0.05) is 6.92 Å². The number of carbonyl (C=O) groups is 1. The highest BCUT2D eigenvalue weighted by atomic mass is 32.1. The van der Waals surface area contributed by atoms with Crippen molar-refractivity contribution in [2.75, 3.05) is 0 Å². The lowest BCUT2D eigenvalue weighted by molar-refractivity contribution is 0.0950. The van der Waals surface area contributed by atoms with Crippen molar-refractivity contribution in [2.24, 2.45) is 5.92 Å². The van der Waals surface area contributed by atoms with Crippen molar-refractivity contribution in [3.63, 3.8) is 0 Å². The van der Waals surface area contributed by atoms with Crippen LogP contribution in [0.2, 0.25) is 0 Å². The maximum absolute atomic E-state index is 11.7. The average molecular weight is 193 g/mol. The minimum absolute atomic E-state index is 0.0301. The average Bonchev–Trinajstić information content (AvgIpc) is 2.53. The van der Waals surface area contributed by atoms with Crippen LogP contribution in [-0.4, -0.2) is 5.78 Å². The molecular weight excluding hydrogens is 182 g/mol. The van der Waals surface area contributed by atoms with Crippen LogP contribution >= 0.6 is 11.3 Å². The van der Waals surface area contributed by atoms with Gasteiger partial charge >= 0.3 is 0 Å². The quantitative estimate of drug-likeness (QED) is 0.692. The third-order valence-electron chi connectivity index (χ3n) is 1.97. The molecule has 1 atom stereocenters.